The Hall–Kier alpha value is -3.27. The number of hydrogen-bond acceptors (Lipinski definition) is 3. The highest BCUT2D eigenvalue weighted by atomic mass is 16.3. The van der Waals surface area contributed by atoms with E-state index >= 15 is 0 Å². The Bertz CT molecular complexity index is 909. The van der Waals surface area contributed by atoms with Gasteiger partial charge in [-0.25, -0.2) is 0 Å². The molecule has 25 heavy (non-hydrogen) atoms. The number of amides is 1. The molecule has 4 heteroatoms. The number of phenolic OH excluding ortho intramolecular Hbond substituents is 1. The van der Waals surface area contributed by atoms with Crippen molar-refractivity contribution in [2.75, 3.05) is 5.32 Å². The number of para-hydroxylation sites is 2. The summed E-state index contributed by atoms with van der Waals surface area (Å²) < 4.78 is 0. The second kappa shape index (κ2) is 6.32. The third-order valence-corrected chi connectivity index (χ3v) is 4.45. The van der Waals surface area contributed by atoms with Crippen LogP contribution < -0.4 is 5.32 Å². The van der Waals surface area contributed by atoms with Crippen LogP contribution in [0, 0.1) is 0 Å². The lowest BCUT2D eigenvalue weighted by atomic mass is 10.0. The minimum Gasteiger partial charge on any atom is -0.508 e. The van der Waals surface area contributed by atoms with Crippen LogP contribution in [0.1, 0.15) is 27.7 Å². The first kappa shape index (κ1) is 15.3. The highest BCUT2D eigenvalue weighted by molar-refractivity contribution is 6.01. The summed E-state index contributed by atoms with van der Waals surface area (Å²) in [6.45, 7) is 0.458. The van der Waals surface area contributed by atoms with Crippen LogP contribution in [-0.4, -0.2) is 15.9 Å². The van der Waals surface area contributed by atoms with Crippen molar-refractivity contribution in [3.63, 3.8) is 0 Å². The minimum absolute atomic E-state index is 0.0496. The molecule has 0 saturated carbocycles. The summed E-state index contributed by atoms with van der Waals surface area (Å²) in [5, 5.41) is 13.7. The van der Waals surface area contributed by atoms with E-state index in [1.807, 2.05) is 66.7 Å². The monoisotopic (exact) mass is 330 g/mol. The molecule has 1 heterocycles. The summed E-state index contributed by atoms with van der Waals surface area (Å²) in [6, 6.07) is 24.5. The summed E-state index contributed by atoms with van der Waals surface area (Å²) >= 11 is 0. The molecule has 3 aromatic rings. The number of phenols is 1. The zero-order valence-corrected chi connectivity index (χ0v) is 13.6. The average Bonchev–Trinajstić information content (AvgIpc) is 2.65. The van der Waals surface area contributed by atoms with Gasteiger partial charge in [-0.15, -0.1) is 0 Å². The fourth-order valence-electron chi connectivity index (χ4n) is 3.20. The van der Waals surface area contributed by atoms with Crippen LogP contribution in [0.3, 0.4) is 0 Å². The fourth-order valence-corrected chi connectivity index (χ4v) is 3.20. The molecule has 0 bridgehead atoms. The number of hydrogen-bond donors (Lipinski definition) is 2. The van der Waals surface area contributed by atoms with Crippen molar-refractivity contribution < 1.29 is 9.90 Å². The van der Waals surface area contributed by atoms with Gasteiger partial charge >= 0.3 is 0 Å². The van der Waals surface area contributed by atoms with E-state index in [-0.39, 0.29) is 11.7 Å². The topological polar surface area (TPSA) is 52.6 Å². The first-order valence-electron chi connectivity index (χ1n) is 8.22. The number of nitrogens with one attached hydrogen (secondary N) is 1. The third-order valence-electron chi connectivity index (χ3n) is 4.45. The number of fused-ring (bicyclic) bond motifs is 1. The van der Waals surface area contributed by atoms with Crippen LogP contribution in [0.5, 0.6) is 5.75 Å². The van der Waals surface area contributed by atoms with Gasteiger partial charge in [-0.1, -0.05) is 60.7 Å². The van der Waals surface area contributed by atoms with Crippen molar-refractivity contribution in [3.05, 3.63) is 95.6 Å². The molecule has 0 saturated heterocycles. The lowest BCUT2D eigenvalue weighted by molar-refractivity contribution is 0.0665. The molecule has 0 aliphatic carbocycles. The second-order valence-corrected chi connectivity index (χ2v) is 6.07. The highest BCUT2D eigenvalue weighted by Gasteiger charge is 2.33. The van der Waals surface area contributed by atoms with Crippen molar-refractivity contribution in [2.24, 2.45) is 0 Å². The van der Waals surface area contributed by atoms with Crippen LogP contribution in [0.25, 0.3) is 0 Å². The molecule has 4 rings (SSSR count). The maximum Gasteiger partial charge on any atom is 0.258 e. The number of carbonyl (C=O) groups is 1. The molecule has 3 aromatic carbocycles. The number of nitrogens with zero attached hydrogens (tertiary/aromatic N) is 1. The Balaban J connectivity index is 1.79. The maximum absolute atomic E-state index is 13.1. The molecule has 124 valence electrons. The molecule has 0 fully saturated rings. The van der Waals surface area contributed by atoms with Gasteiger partial charge in [-0.3, -0.25) is 4.79 Å². The van der Waals surface area contributed by atoms with Gasteiger partial charge in [0.15, 0.2) is 0 Å². The van der Waals surface area contributed by atoms with E-state index in [4.69, 9.17) is 0 Å². The number of rotatable bonds is 3. The van der Waals surface area contributed by atoms with Crippen molar-refractivity contribution in [3.8, 4) is 5.75 Å². The van der Waals surface area contributed by atoms with Crippen LogP contribution in [0.4, 0.5) is 5.69 Å². The maximum atomic E-state index is 13.1. The number of carbonyl (C=O) groups excluding carboxylic acids is 1. The van der Waals surface area contributed by atoms with Gasteiger partial charge in [0.2, 0.25) is 0 Å². The summed E-state index contributed by atoms with van der Waals surface area (Å²) in [7, 11) is 0. The SMILES string of the molecule is O=C1c2ccccc2NC(c2ccccc2O)N1Cc1ccccc1. The Morgan fingerprint density at radius 2 is 1.56 bits per heavy atom. The molecule has 1 aliphatic rings. The average molecular weight is 330 g/mol. The number of anilines is 1. The predicted octanol–water partition coefficient (Wildman–Crippen LogP) is 4.16. The number of benzene rings is 3. The molecule has 1 aliphatic heterocycles. The van der Waals surface area contributed by atoms with Gasteiger partial charge in [-0.2, -0.15) is 0 Å². The summed E-state index contributed by atoms with van der Waals surface area (Å²) in [4.78, 5) is 14.9. The van der Waals surface area contributed by atoms with Gasteiger partial charge in [0.1, 0.15) is 11.9 Å². The standard InChI is InChI=1S/C21H18N2O2/c24-19-13-7-5-11-17(19)20-22-18-12-6-4-10-16(18)21(25)23(20)14-15-8-2-1-3-9-15/h1-13,20,22,24H,14H2. The molecular formula is C21H18N2O2. The van der Waals surface area contributed by atoms with E-state index < -0.39 is 6.17 Å². The lowest BCUT2D eigenvalue weighted by Gasteiger charge is -2.38. The molecule has 0 radical (unpaired) electrons. The second-order valence-electron chi connectivity index (χ2n) is 6.07. The van der Waals surface area contributed by atoms with Crippen LogP contribution in [0.2, 0.25) is 0 Å². The van der Waals surface area contributed by atoms with Crippen molar-refractivity contribution in [1.82, 2.24) is 4.90 Å². The highest BCUT2D eigenvalue weighted by Crippen LogP contribution is 2.37. The predicted molar refractivity (Wildman–Crippen MR) is 97.2 cm³/mol. The third kappa shape index (κ3) is 2.83. The molecular weight excluding hydrogens is 312 g/mol. The quantitative estimate of drug-likeness (QED) is 0.758. The Labute approximate surface area is 146 Å². The van der Waals surface area contributed by atoms with E-state index in [0.29, 0.717) is 17.7 Å². The van der Waals surface area contributed by atoms with Crippen LogP contribution in [-0.2, 0) is 6.54 Å². The molecule has 1 amide bonds. The fraction of sp³-hybridized carbons (Fsp3) is 0.0952. The molecule has 0 spiro atoms. The molecule has 4 nitrogen and oxygen atoms in total. The van der Waals surface area contributed by atoms with E-state index in [1.165, 1.54) is 0 Å². The van der Waals surface area contributed by atoms with Gasteiger partial charge in [0.05, 0.1) is 5.56 Å². The largest absolute Gasteiger partial charge is 0.508 e. The van der Waals surface area contributed by atoms with Crippen molar-refractivity contribution in [2.45, 2.75) is 12.7 Å². The van der Waals surface area contributed by atoms with Crippen molar-refractivity contribution >= 4 is 11.6 Å². The number of aromatic hydroxyl groups is 1. The first-order valence-corrected chi connectivity index (χ1v) is 8.22. The molecule has 2 N–H and O–H groups in total. The van der Waals surface area contributed by atoms with E-state index in [9.17, 15) is 9.90 Å². The molecule has 1 atom stereocenters. The van der Waals surface area contributed by atoms with Crippen LogP contribution in [0.15, 0.2) is 78.9 Å². The van der Waals surface area contributed by atoms with Gasteiger partial charge < -0.3 is 15.3 Å². The van der Waals surface area contributed by atoms with Crippen molar-refractivity contribution in [1.29, 1.82) is 0 Å². The Morgan fingerprint density at radius 1 is 0.880 bits per heavy atom. The Kier molecular flexibility index (Phi) is 3.86. The lowest BCUT2D eigenvalue weighted by Crippen LogP contribution is -2.42. The first-order chi connectivity index (χ1) is 12.2. The summed E-state index contributed by atoms with van der Waals surface area (Å²) in [5.74, 6) is 0.122. The molecule has 1 unspecified atom stereocenters. The normalized spacial score (nSPS) is 16.2. The zero-order chi connectivity index (χ0) is 17.2. The summed E-state index contributed by atoms with van der Waals surface area (Å²) in [6.07, 6.45) is -0.427. The molecule has 0 aromatic heterocycles. The van der Waals surface area contributed by atoms with Gasteiger partial charge in [0, 0.05) is 17.8 Å². The Morgan fingerprint density at radius 3 is 2.36 bits per heavy atom. The minimum atomic E-state index is -0.427. The van der Waals surface area contributed by atoms with E-state index in [1.54, 1.807) is 17.0 Å². The van der Waals surface area contributed by atoms with Crippen LogP contribution >= 0.6 is 0 Å². The van der Waals surface area contributed by atoms with E-state index in [0.717, 1.165) is 11.3 Å². The van der Waals surface area contributed by atoms with Gasteiger partial charge in [0.25, 0.3) is 5.91 Å². The van der Waals surface area contributed by atoms with Gasteiger partial charge in [-0.05, 0) is 23.8 Å². The van der Waals surface area contributed by atoms with E-state index in [2.05, 4.69) is 5.32 Å². The summed E-state index contributed by atoms with van der Waals surface area (Å²) in [5.41, 5.74) is 3.15. The zero-order valence-electron chi connectivity index (χ0n) is 13.6. The smallest absolute Gasteiger partial charge is 0.258 e.